The Hall–Kier alpha value is -4.04. The molecule has 0 aliphatic heterocycles. The van der Waals surface area contributed by atoms with Crippen molar-refractivity contribution in [2.24, 2.45) is 0 Å². The molecule has 0 amide bonds. The summed E-state index contributed by atoms with van der Waals surface area (Å²) in [5, 5.41) is 23.6. The Morgan fingerprint density at radius 1 is 1.19 bits per heavy atom. The Morgan fingerprint density at radius 2 is 2.12 bits per heavy atom. The summed E-state index contributed by atoms with van der Waals surface area (Å²) in [4.78, 5) is 15.9. The Labute approximate surface area is 148 Å². The second-order valence-electron chi connectivity index (χ2n) is 5.63. The molecule has 0 bridgehead atoms. The average molecular weight is 340 g/mol. The molecule has 1 atom stereocenters. The van der Waals surface area contributed by atoms with E-state index in [2.05, 4.69) is 37.2 Å². The van der Waals surface area contributed by atoms with Gasteiger partial charge in [-0.3, -0.25) is 9.67 Å². The van der Waals surface area contributed by atoms with Crippen molar-refractivity contribution in [1.29, 1.82) is 10.5 Å². The van der Waals surface area contributed by atoms with Crippen LogP contribution in [0.2, 0.25) is 0 Å². The lowest BCUT2D eigenvalue weighted by atomic mass is 10.1. The van der Waals surface area contributed by atoms with Crippen LogP contribution < -0.4 is 0 Å². The zero-order chi connectivity index (χ0) is 17.9. The highest BCUT2D eigenvalue weighted by atomic mass is 15.3. The summed E-state index contributed by atoms with van der Waals surface area (Å²) >= 11 is 0. The number of nitriles is 2. The summed E-state index contributed by atoms with van der Waals surface area (Å²) in [5.74, 6) is 0. The minimum absolute atomic E-state index is 0.187. The fourth-order valence-corrected chi connectivity index (χ4v) is 2.85. The highest BCUT2D eigenvalue weighted by Gasteiger charge is 2.18. The zero-order valence-corrected chi connectivity index (χ0v) is 13.5. The molecule has 1 unspecified atom stereocenters. The van der Waals surface area contributed by atoms with Crippen LogP contribution in [0.1, 0.15) is 23.7 Å². The van der Waals surface area contributed by atoms with Gasteiger partial charge >= 0.3 is 0 Å². The molecule has 0 aliphatic rings. The van der Waals surface area contributed by atoms with E-state index < -0.39 is 0 Å². The van der Waals surface area contributed by atoms with E-state index in [0.29, 0.717) is 11.3 Å². The van der Waals surface area contributed by atoms with Gasteiger partial charge in [-0.1, -0.05) is 0 Å². The van der Waals surface area contributed by atoms with Gasteiger partial charge in [0.25, 0.3) is 0 Å². The average Bonchev–Trinajstić information content (AvgIpc) is 3.35. The van der Waals surface area contributed by atoms with Gasteiger partial charge in [0.15, 0.2) is 0 Å². The topological polar surface area (TPSA) is 120 Å². The van der Waals surface area contributed by atoms with E-state index >= 15 is 0 Å². The number of aromatic nitrogens is 6. The first-order valence-electron chi connectivity index (χ1n) is 7.86. The zero-order valence-electron chi connectivity index (χ0n) is 13.5. The summed E-state index contributed by atoms with van der Waals surface area (Å²) in [6, 6.07) is 9.09. The number of pyridine rings is 1. The molecule has 4 aromatic rings. The normalized spacial score (nSPS) is 11.8. The van der Waals surface area contributed by atoms with E-state index in [9.17, 15) is 5.26 Å². The fraction of sp³-hybridized carbons (Fsp3) is 0.111. The van der Waals surface area contributed by atoms with Crippen molar-refractivity contribution in [2.75, 3.05) is 0 Å². The second-order valence-corrected chi connectivity index (χ2v) is 5.63. The SMILES string of the molecule is N#CCC(c1cc(C#N)ccn1)n1cc(-c2ncnc3[nH]ccc23)cn1. The first-order chi connectivity index (χ1) is 12.8. The van der Waals surface area contributed by atoms with Crippen LogP contribution >= 0.6 is 0 Å². The van der Waals surface area contributed by atoms with Crippen LogP contribution in [0.15, 0.2) is 49.3 Å². The van der Waals surface area contributed by atoms with Gasteiger partial charge in [-0.15, -0.1) is 0 Å². The minimum atomic E-state index is -0.384. The van der Waals surface area contributed by atoms with Gasteiger partial charge in [-0.25, -0.2) is 9.97 Å². The van der Waals surface area contributed by atoms with Crippen LogP contribution in [0.5, 0.6) is 0 Å². The van der Waals surface area contributed by atoms with Crippen LogP contribution in [0.25, 0.3) is 22.3 Å². The van der Waals surface area contributed by atoms with Gasteiger partial charge in [0.05, 0.1) is 41.7 Å². The van der Waals surface area contributed by atoms with Crippen LogP contribution in [0.4, 0.5) is 0 Å². The van der Waals surface area contributed by atoms with Crippen molar-refractivity contribution in [3.05, 3.63) is 60.6 Å². The fourth-order valence-electron chi connectivity index (χ4n) is 2.85. The van der Waals surface area contributed by atoms with E-state index in [1.54, 1.807) is 29.2 Å². The molecule has 0 spiro atoms. The van der Waals surface area contributed by atoms with Crippen molar-refractivity contribution >= 4 is 11.0 Å². The lowest BCUT2D eigenvalue weighted by Crippen LogP contribution is -2.12. The number of aromatic amines is 1. The molecule has 0 aromatic carbocycles. The van der Waals surface area contributed by atoms with Crippen molar-refractivity contribution in [2.45, 2.75) is 12.5 Å². The van der Waals surface area contributed by atoms with Crippen LogP contribution in [-0.4, -0.2) is 29.7 Å². The molecular weight excluding hydrogens is 328 g/mol. The van der Waals surface area contributed by atoms with E-state index in [1.165, 1.54) is 6.33 Å². The Morgan fingerprint density at radius 3 is 2.96 bits per heavy atom. The number of rotatable bonds is 4. The summed E-state index contributed by atoms with van der Waals surface area (Å²) in [6.45, 7) is 0. The molecule has 0 saturated carbocycles. The molecule has 26 heavy (non-hydrogen) atoms. The predicted octanol–water partition coefficient (Wildman–Crippen LogP) is 2.59. The molecule has 4 heterocycles. The molecule has 0 fully saturated rings. The third-order valence-corrected chi connectivity index (χ3v) is 4.08. The van der Waals surface area contributed by atoms with Gasteiger partial charge in [0, 0.05) is 29.5 Å². The number of nitrogens with zero attached hydrogens (tertiary/aromatic N) is 7. The number of H-pyrrole nitrogens is 1. The summed E-state index contributed by atoms with van der Waals surface area (Å²) in [7, 11) is 0. The highest BCUT2D eigenvalue weighted by molar-refractivity contribution is 5.89. The first-order valence-corrected chi connectivity index (χ1v) is 7.86. The lowest BCUT2D eigenvalue weighted by molar-refractivity contribution is 0.520. The Kier molecular flexibility index (Phi) is 3.85. The molecule has 124 valence electrons. The second kappa shape index (κ2) is 6.46. The third kappa shape index (κ3) is 2.66. The lowest BCUT2D eigenvalue weighted by Gasteiger charge is -2.13. The molecule has 1 N–H and O–H groups in total. The van der Waals surface area contributed by atoms with Crippen molar-refractivity contribution < 1.29 is 0 Å². The Bertz CT molecular complexity index is 1160. The molecule has 4 aromatic heterocycles. The van der Waals surface area contributed by atoms with Crippen LogP contribution in [-0.2, 0) is 0 Å². The third-order valence-electron chi connectivity index (χ3n) is 4.08. The summed E-state index contributed by atoms with van der Waals surface area (Å²) in [5.41, 5.74) is 3.44. The molecule has 0 radical (unpaired) electrons. The van der Waals surface area contributed by atoms with E-state index in [0.717, 1.165) is 22.3 Å². The molecule has 8 nitrogen and oxygen atoms in total. The number of hydrogen-bond donors (Lipinski definition) is 1. The van der Waals surface area contributed by atoms with Crippen molar-refractivity contribution in [1.82, 2.24) is 29.7 Å². The maximum absolute atomic E-state index is 9.21. The van der Waals surface area contributed by atoms with E-state index in [-0.39, 0.29) is 12.5 Å². The molecule has 4 rings (SSSR count). The summed E-state index contributed by atoms with van der Waals surface area (Å²) in [6.07, 6.45) is 8.59. The van der Waals surface area contributed by atoms with Gasteiger partial charge < -0.3 is 4.98 Å². The largest absolute Gasteiger partial charge is 0.346 e. The maximum Gasteiger partial charge on any atom is 0.141 e. The predicted molar refractivity (Wildman–Crippen MR) is 92.4 cm³/mol. The smallest absolute Gasteiger partial charge is 0.141 e. The van der Waals surface area contributed by atoms with Crippen molar-refractivity contribution in [3.63, 3.8) is 0 Å². The van der Waals surface area contributed by atoms with E-state index in [1.807, 2.05) is 18.5 Å². The van der Waals surface area contributed by atoms with Crippen LogP contribution in [0.3, 0.4) is 0 Å². The minimum Gasteiger partial charge on any atom is -0.346 e. The molecule has 0 aliphatic carbocycles. The number of nitrogens with one attached hydrogen (secondary N) is 1. The molecule has 0 saturated heterocycles. The van der Waals surface area contributed by atoms with Crippen LogP contribution in [0, 0.1) is 22.7 Å². The standard InChI is InChI=1S/C18H12N8/c19-4-1-16(15-7-12(8-20)2-5-21-15)26-10-13(9-25-26)17-14-3-6-22-18(14)24-11-23-17/h2-3,5-7,9-11,16H,1H2,(H,22,23,24). The highest BCUT2D eigenvalue weighted by Crippen LogP contribution is 2.27. The van der Waals surface area contributed by atoms with Gasteiger partial charge in [-0.2, -0.15) is 15.6 Å². The number of hydrogen-bond acceptors (Lipinski definition) is 6. The maximum atomic E-state index is 9.21. The Balaban J connectivity index is 1.76. The van der Waals surface area contributed by atoms with Gasteiger partial charge in [0.1, 0.15) is 18.0 Å². The number of fused-ring (bicyclic) bond motifs is 1. The van der Waals surface area contributed by atoms with E-state index in [4.69, 9.17) is 5.26 Å². The first kappa shape index (κ1) is 15.5. The van der Waals surface area contributed by atoms with Crippen molar-refractivity contribution in [3.8, 4) is 23.4 Å². The molecular formula is C18H12N8. The molecule has 8 heteroatoms. The van der Waals surface area contributed by atoms with Gasteiger partial charge in [0.2, 0.25) is 0 Å². The monoisotopic (exact) mass is 340 g/mol. The van der Waals surface area contributed by atoms with Gasteiger partial charge in [-0.05, 0) is 18.2 Å². The summed E-state index contributed by atoms with van der Waals surface area (Å²) < 4.78 is 1.68. The quantitative estimate of drug-likeness (QED) is 0.609.